The molecule has 2 nitrogen and oxygen atoms in total. The molecule has 0 aliphatic rings. The molecule has 2 aromatic rings. The van der Waals surface area contributed by atoms with Crippen molar-refractivity contribution in [1.29, 1.82) is 0 Å². The molecule has 0 saturated heterocycles. The monoisotopic (exact) mass is 327 g/mol. The Morgan fingerprint density at radius 3 is 2.47 bits per heavy atom. The smallest absolute Gasteiger partial charge is 0.122 e. The molecule has 0 unspecified atom stereocenters. The molecule has 0 saturated carbocycles. The zero-order valence-electron chi connectivity index (χ0n) is 8.85. The molecule has 5 heteroatoms. The number of thiophene rings is 1. The van der Waals surface area contributed by atoms with Gasteiger partial charge in [0.15, 0.2) is 0 Å². The summed E-state index contributed by atoms with van der Waals surface area (Å²) in [4.78, 5) is 1.58. The van der Waals surface area contributed by atoms with Crippen LogP contribution in [0.1, 0.15) is 10.4 Å². The van der Waals surface area contributed by atoms with Gasteiger partial charge in [-0.2, -0.15) is 0 Å². The van der Waals surface area contributed by atoms with Gasteiger partial charge in [0.05, 0.1) is 3.79 Å². The van der Waals surface area contributed by atoms with E-state index >= 15 is 0 Å². The summed E-state index contributed by atoms with van der Waals surface area (Å²) < 4.78 is 6.76. The maximum Gasteiger partial charge on any atom is 0.122 e. The van der Waals surface area contributed by atoms with E-state index in [0.29, 0.717) is 11.6 Å². The van der Waals surface area contributed by atoms with Crippen molar-refractivity contribution in [3.8, 4) is 5.75 Å². The predicted molar refractivity (Wildman–Crippen MR) is 78.7 cm³/mol. The molecule has 0 amide bonds. The van der Waals surface area contributed by atoms with Gasteiger partial charge in [0.2, 0.25) is 0 Å². The van der Waals surface area contributed by atoms with Gasteiger partial charge in [-0.1, -0.05) is 12.2 Å². The van der Waals surface area contributed by atoms with Crippen LogP contribution in [0.5, 0.6) is 5.75 Å². The van der Waals surface area contributed by atoms with Crippen molar-refractivity contribution < 1.29 is 4.74 Å². The van der Waals surface area contributed by atoms with Crippen molar-refractivity contribution in [3.63, 3.8) is 0 Å². The summed E-state index contributed by atoms with van der Waals surface area (Å²) in [7, 11) is 0. The van der Waals surface area contributed by atoms with Gasteiger partial charge < -0.3 is 10.5 Å². The van der Waals surface area contributed by atoms with Gasteiger partial charge in [-0.3, -0.25) is 0 Å². The Balaban J connectivity index is 1.97. The summed E-state index contributed by atoms with van der Waals surface area (Å²) in [6.07, 6.45) is 0. The van der Waals surface area contributed by atoms with Gasteiger partial charge in [-0.15, -0.1) is 11.3 Å². The zero-order valence-corrected chi connectivity index (χ0v) is 12.1. The summed E-state index contributed by atoms with van der Waals surface area (Å²) in [5, 5.41) is 0. The second-order valence-electron chi connectivity index (χ2n) is 3.38. The quantitative estimate of drug-likeness (QED) is 0.869. The summed E-state index contributed by atoms with van der Waals surface area (Å²) >= 11 is 9.97. The van der Waals surface area contributed by atoms with Crippen LogP contribution in [0.25, 0.3) is 0 Å². The fourth-order valence-electron chi connectivity index (χ4n) is 1.30. The molecular formula is C12H10BrNOS2. The Morgan fingerprint density at radius 2 is 1.94 bits per heavy atom. The first-order chi connectivity index (χ1) is 8.15. The van der Waals surface area contributed by atoms with Crippen LogP contribution in [0.4, 0.5) is 0 Å². The van der Waals surface area contributed by atoms with Crippen LogP contribution in [0, 0.1) is 0 Å². The van der Waals surface area contributed by atoms with Crippen molar-refractivity contribution in [1.82, 2.24) is 0 Å². The standard InChI is InChI=1S/C12H10BrNOS2/c13-11-6-5-10(17-11)7-15-9-3-1-8(2-4-9)12(14)16/h1-6H,7H2,(H2,14,16). The average molecular weight is 328 g/mol. The number of rotatable bonds is 4. The molecular weight excluding hydrogens is 318 g/mol. The van der Waals surface area contributed by atoms with E-state index < -0.39 is 0 Å². The van der Waals surface area contributed by atoms with E-state index in [1.165, 1.54) is 4.88 Å². The topological polar surface area (TPSA) is 35.2 Å². The van der Waals surface area contributed by atoms with Crippen molar-refractivity contribution >= 4 is 44.5 Å². The minimum atomic E-state index is 0.402. The lowest BCUT2D eigenvalue weighted by molar-refractivity contribution is 0.310. The molecule has 1 aromatic heterocycles. The van der Waals surface area contributed by atoms with E-state index in [0.717, 1.165) is 15.1 Å². The maximum absolute atomic E-state index is 5.65. The minimum absolute atomic E-state index is 0.402. The molecule has 0 radical (unpaired) electrons. The minimum Gasteiger partial charge on any atom is -0.488 e. The Labute approximate surface area is 118 Å². The molecule has 2 rings (SSSR count). The average Bonchev–Trinajstić information content (AvgIpc) is 2.73. The second kappa shape index (κ2) is 5.62. The number of ether oxygens (including phenoxy) is 1. The molecule has 0 bridgehead atoms. The number of thiocarbonyl (C=S) groups is 1. The highest BCUT2D eigenvalue weighted by Crippen LogP contribution is 2.23. The summed E-state index contributed by atoms with van der Waals surface area (Å²) in [6, 6.07) is 11.5. The third kappa shape index (κ3) is 3.52. The molecule has 0 aliphatic carbocycles. The number of benzene rings is 1. The highest BCUT2D eigenvalue weighted by atomic mass is 79.9. The fourth-order valence-corrected chi connectivity index (χ4v) is 2.83. The largest absolute Gasteiger partial charge is 0.488 e. The third-order valence-electron chi connectivity index (χ3n) is 2.15. The van der Waals surface area contributed by atoms with Crippen LogP contribution in [0.15, 0.2) is 40.2 Å². The summed E-state index contributed by atoms with van der Waals surface area (Å²) in [5.41, 5.74) is 6.37. The predicted octanol–water partition coefficient (Wildman–Crippen LogP) is 3.72. The van der Waals surface area contributed by atoms with E-state index in [-0.39, 0.29) is 0 Å². The molecule has 1 aromatic carbocycles. The van der Waals surface area contributed by atoms with E-state index in [4.69, 9.17) is 22.7 Å². The van der Waals surface area contributed by atoms with Crippen molar-refractivity contribution in [2.24, 2.45) is 5.73 Å². The van der Waals surface area contributed by atoms with E-state index in [9.17, 15) is 0 Å². The van der Waals surface area contributed by atoms with Crippen LogP contribution in [-0.2, 0) is 6.61 Å². The molecule has 88 valence electrons. The molecule has 17 heavy (non-hydrogen) atoms. The molecule has 0 aliphatic heterocycles. The van der Waals surface area contributed by atoms with Crippen LogP contribution in [0.3, 0.4) is 0 Å². The maximum atomic E-state index is 5.65. The van der Waals surface area contributed by atoms with Gasteiger partial charge in [-0.25, -0.2) is 0 Å². The lowest BCUT2D eigenvalue weighted by Gasteiger charge is -2.05. The molecule has 1 heterocycles. The Kier molecular flexibility index (Phi) is 4.15. The number of halogens is 1. The Bertz CT molecular complexity index is 522. The van der Waals surface area contributed by atoms with E-state index in [1.807, 2.05) is 36.4 Å². The molecule has 0 atom stereocenters. The fraction of sp³-hybridized carbons (Fsp3) is 0.0833. The first-order valence-electron chi connectivity index (χ1n) is 4.92. The normalized spacial score (nSPS) is 10.2. The van der Waals surface area contributed by atoms with Crippen LogP contribution in [0.2, 0.25) is 0 Å². The summed E-state index contributed by atoms with van der Waals surface area (Å²) in [5.74, 6) is 0.814. The van der Waals surface area contributed by atoms with Crippen LogP contribution in [-0.4, -0.2) is 4.99 Å². The van der Waals surface area contributed by atoms with Gasteiger partial charge in [-0.05, 0) is 52.3 Å². The lowest BCUT2D eigenvalue weighted by Crippen LogP contribution is -2.08. The Hall–Kier alpha value is -0.910. The van der Waals surface area contributed by atoms with Gasteiger partial charge in [0, 0.05) is 10.4 Å². The van der Waals surface area contributed by atoms with E-state index in [2.05, 4.69) is 15.9 Å². The first kappa shape index (κ1) is 12.5. The van der Waals surface area contributed by atoms with Crippen LogP contribution >= 0.6 is 39.5 Å². The van der Waals surface area contributed by atoms with Gasteiger partial charge >= 0.3 is 0 Å². The number of nitrogens with two attached hydrogens (primary N) is 1. The number of hydrogen-bond acceptors (Lipinski definition) is 3. The summed E-state index contributed by atoms with van der Waals surface area (Å²) in [6.45, 7) is 0.572. The Morgan fingerprint density at radius 1 is 1.24 bits per heavy atom. The lowest BCUT2D eigenvalue weighted by atomic mass is 10.2. The SMILES string of the molecule is NC(=S)c1ccc(OCc2ccc(Br)s2)cc1. The zero-order chi connectivity index (χ0) is 12.3. The molecule has 0 fully saturated rings. The number of hydrogen-bond donors (Lipinski definition) is 1. The highest BCUT2D eigenvalue weighted by Gasteiger charge is 2.00. The van der Waals surface area contributed by atoms with E-state index in [1.54, 1.807) is 11.3 Å². The van der Waals surface area contributed by atoms with Crippen molar-refractivity contribution in [3.05, 3.63) is 50.6 Å². The third-order valence-corrected chi connectivity index (χ3v) is 3.98. The van der Waals surface area contributed by atoms with Gasteiger partial charge in [0.25, 0.3) is 0 Å². The van der Waals surface area contributed by atoms with Crippen LogP contribution < -0.4 is 10.5 Å². The first-order valence-corrected chi connectivity index (χ1v) is 6.94. The van der Waals surface area contributed by atoms with Crippen molar-refractivity contribution in [2.75, 3.05) is 0 Å². The highest BCUT2D eigenvalue weighted by molar-refractivity contribution is 9.11. The molecule has 0 spiro atoms. The molecule has 2 N–H and O–H groups in total. The van der Waals surface area contributed by atoms with Crippen molar-refractivity contribution in [2.45, 2.75) is 6.61 Å². The second-order valence-corrected chi connectivity index (χ2v) is 6.37. The van der Waals surface area contributed by atoms with Gasteiger partial charge in [0.1, 0.15) is 17.3 Å².